The molecule has 0 radical (unpaired) electrons. The normalized spacial score (nSPS) is 19.6. The number of hydrogen-bond donors (Lipinski definition) is 2. The van der Waals surface area contributed by atoms with Crippen LogP contribution in [0.4, 0.5) is 8.78 Å². The first kappa shape index (κ1) is 25.1. The summed E-state index contributed by atoms with van der Waals surface area (Å²) in [4.78, 5) is 28.4. The molecule has 1 saturated carbocycles. The highest BCUT2D eigenvalue weighted by Gasteiger charge is 2.40. The van der Waals surface area contributed by atoms with E-state index in [-0.39, 0.29) is 29.9 Å². The van der Waals surface area contributed by atoms with E-state index in [9.17, 15) is 18.4 Å². The molecule has 2 atom stereocenters. The Morgan fingerprint density at radius 2 is 1.77 bits per heavy atom. The van der Waals surface area contributed by atoms with Crippen LogP contribution in [0.2, 0.25) is 0 Å². The van der Waals surface area contributed by atoms with Crippen LogP contribution in [0.25, 0.3) is 10.8 Å². The zero-order valence-electron chi connectivity index (χ0n) is 19.2. The van der Waals surface area contributed by atoms with E-state index in [1.165, 1.54) is 0 Å². The topological polar surface area (TPSA) is 61.4 Å². The molecular formula is C27H28ClF2N3O2. The standard InChI is InChI=1S/C27H27F2N3O2.ClH/c28-19-8-11-24(29)22(14-19)26(33)31-25-12-13-30-15-23(25)27(34)32(20-9-10-20)16-18-6-3-5-17-4-1-2-7-21(17)18;/h1-8,11,14,20,23,25,30H,9-10,12-13,15-16H2,(H,31,33);1H. The van der Waals surface area contributed by atoms with Crippen LogP contribution in [0.15, 0.2) is 60.7 Å². The van der Waals surface area contributed by atoms with Gasteiger partial charge in [-0.3, -0.25) is 9.59 Å². The Kier molecular flexibility index (Phi) is 7.67. The molecule has 2 fully saturated rings. The lowest BCUT2D eigenvalue weighted by Gasteiger charge is -2.36. The minimum atomic E-state index is -0.786. The Balaban J connectivity index is 0.00000289. The van der Waals surface area contributed by atoms with Crippen LogP contribution >= 0.6 is 12.4 Å². The highest BCUT2D eigenvalue weighted by molar-refractivity contribution is 5.95. The van der Waals surface area contributed by atoms with E-state index in [0.717, 1.165) is 47.4 Å². The molecule has 3 aromatic carbocycles. The van der Waals surface area contributed by atoms with Crippen molar-refractivity contribution in [2.75, 3.05) is 13.1 Å². The molecule has 5 rings (SSSR count). The summed E-state index contributed by atoms with van der Waals surface area (Å²) in [7, 11) is 0. The number of nitrogens with zero attached hydrogens (tertiary/aromatic N) is 1. The number of amides is 2. The summed E-state index contributed by atoms with van der Waals surface area (Å²) in [6.45, 7) is 1.56. The van der Waals surface area contributed by atoms with Crippen molar-refractivity contribution in [2.45, 2.75) is 37.9 Å². The highest BCUT2D eigenvalue weighted by atomic mass is 35.5. The van der Waals surface area contributed by atoms with Gasteiger partial charge in [0, 0.05) is 25.2 Å². The lowest BCUT2D eigenvalue weighted by molar-refractivity contribution is -0.138. The molecule has 1 heterocycles. The summed E-state index contributed by atoms with van der Waals surface area (Å²) < 4.78 is 27.7. The molecule has 3 aromatic rings. The number of hydrogen-bond acceptors (Lipinski definition) is 3. The zero-order chi connectivity index (χ0) is 23.7. The van der Waals surface area contributed by atoms with Crippen molar-refractivity contribution in [3.63, 3.8) is 0 Å². The van der Waals surface area contributed by atoms with Crippen molar-refractivity contribution in [1.29, 1.82) is 0 Å². The van der Waals surface area contributed by atoms with Gasteiger partial charge in [-0.05, 0) is 60.3 Å². The zero-order valence-corrected chi connectivity index (χ0v) is 20.0. The van der Waals surface area contributed by atoms with Gasteiger partial charge in [0.1, 0.15) is 11.6 Å². The molecule has 2 unspecified atom stereocenters. The number of benzene rings is 3. The van der Waals surface area contributed by atoms with Crippen molar-refractivity contribution < 1.29 is 18.4 Å². The second-order valence-electron chi connectivity index (χ2n) is 9.14. The summed E-state index contributed by atoms with van der Waals surface area (Å²) in [5, 5.41) is 8.31. The van der Waals surface area contributed by atoms with Gasteiger partial charge in [0.05, 0.1) is 11.5 Å². The van der Waals surface area contributed by atoms with Crippen LogP contribution in [-0.4, -0.2) is 41.9 Å². The van der Waals surface area contributed by atoms with Crippen molar-refractivity contribution in [3.05, 3.63) is 83.4 Å². The maximum atomic E-state index is 14.1. The number of rotatable bonds is 6. The summed E-state index contributed by atoms with van der Waals surface area (Å²) >= 11 is 0. The highest BCUT2D eigenvalue weighted by Crippen LogP contribution is 2.32. The molecule has 2 N–H and O–H groups in total. The molecule has 35 heavy (non-hydrogen) atoms. The van der Waals surface area contributed by atoms with E-state index in [4.69, 9.17) is 0 Å². The van der Waals surface area contributed by atoms with E-state index in [2.05, 4.69) is 34.9 Å². The molecule has 8 heteroatoms. The Labute approximate surface area is 209 Å². The third-order valence-corrected chi connectivity index (χ3v) is 6.78. The second kappa shape index (κ2) is 10.7. The predicted molar refractivity (Wildman–Crippen MR) is 133 cm³/mol. The van der Waals surface area contributed by atoms with Gasteiger partial charge in [-0.25, -0.2) is 8.78 Å². The monoisotopic (exact) mass is 499 g/mol. The first-order valence-electron chi connectivity index (χ1n) is 11.7. The van der Waals surface area contributed by atoms with Gasteiger partial charge in [-0.2, -0.15) is 0 Å². The summed E-state index contributed by atoms with van der Waals surface area (Å²) in [6, 6.07) is 16.8. The van der Waals surface area contributed by atoms with Gasteiger partial charge < -0.3 is 15.5 Å². The van der Waals surface area contributed by atoms with Gasteiger partial charge in [-0.1, -0.05) is 42.5 Å². The average Bonchev–Trinajstić information content (AvgIpc) is 3.69. The van der Waals surface area contributed by atoms with Crippen molar-refractivity contribution in [3.8, 4) is 0 Å². The number of carbonyl (C=O) groups excluding carboxylic acids is 2. The predicted octanol–water partition coefficient (Wildman–Crippen LogP) is 4.44. The van der Waals surface area contributed by atoms with Crippen LogP contribution < -0.4 is 10.6 Å². The molecule has 0 bridgehead atoms. The molecule has 2 aliphatic rings. The summed E-state index contributed by atoms with van der Waals surface area (Å²) in [5.41, 5.74) is 0.740. The number of fused-ring (bicyclic) bond motifs is 1. The maximum Gasteiger partial charge on any atom is 0.254 e. The molecular weight excluding hydrogens is 472 g/mol. The maximum absolute atomic E-state index is 14.1. The second-order valence-corrected chi connectivity index (χ2v) is 9.14. The van der Waals surface area contributed by atoms with E-state index >= 15 is 0 Å². The fourth-order valence-electron chi connectivity index (χ4n) is 4.81. The smallest absolute Gasteiger partial charge is 0.254 e. The minimum absolute atomic E-state index is 0. The Morgan fingerprint density at radius 1 is 1.00 bits per heavy atom. The molecule has 0 spiro atoms. The van der Waals surface area contributed by atoms with Crippen LogP contribution in [0.1, 0.15) is 35.2 Å². The SMILES string of the molecule is Cl.O=C(NC1CCNCC1C(=O)N(Cc1cccc2ccccc12)C1CC1)c1cc(F)ccc1F. The van der Waals surface area contributed by atoms with Crippen LogP contribution in [0.3, 0.4) is 0 Å². The fourth-order valence-corrected chi connectivity index (χ4v) is 4.81. The van der Waals surface area contributed by atoms with Crippen molar-refractivity contribution >= 4 is 35.0 Å². The van der Waals surface area contributed by atoms with Gasteiger partial charge >= 0.3 is 0 Å². The summed E-state index contributed by atoms with van der Waals surface area (Å²) in [6.07, 6.45) is 2.45. The van der Waals surface area contributed by atoms with Crippen LogP contribution in [-0.2, 0) is 11.3 Å². The number of nitrogens with one attached hydrogen (secondary N) is 2. The Bertz CT molecular complexity index is 1230. The van der Waals surface area contributed by atoms with Crippen molar-refractivity contribution in [1.82, 2.24) is 15.5 Å². The van der Waals surface area contributed by atoms with Gasteiger partial charge in [-0.15, -0.1) is 12.4 Å². The first-order valence-corrected chi connectivity index (χ1v) is 11.7. The molecule has 1 aliphatic carbocycles. The Morgan fingerprint density at radius 3 is 2.57 bits per heavy atom. The third-order valence-electron chi connectivity index (χ3n) is 6.78. The lowest BCUT2D eigenvalue weighted by Crippen LogP contribution is -2.55. The number of carbonyl (C=O) groups is 2. The van der Waals surface area contributed by atoms with E-state index < -0.39 is 29.5 Å². The fraction of sp³-hybridized carbons (Fsp3) is 0.333. The van der Waals surface area contributed by atoms with Gasteiger partial charge in [0.25, 0.3) is 5.91 Å². The molecule has 1 aliphatic heterocycles. The quantitative estimate of drug-likeness (QED) is 0.527. The largest absolute Gasteiger partial charge is 0.348 e. The minimum Gasteiger partial charge on any atom is -0.348 e. The third kappa shape index (κ3) is 5.46. The first-order chi connectivity index (χ1) is 16.5. The molecule has 1 saturated heterocycles. The number of halogens is 3. The number of piperidine rings is 1. The average molecular weight is 500 g/mol. The summed E-state index contributed by atoms with van der Waals surface area (Å²) in [5.74, 6) is -2.67. The molecule has 184 valence electrons. The lowest BCUT2D eigenvalue weighted by atomic mass is 9.91. The van der Waals surface area contributed by atoms with Crippen LogP contribution in [0, 0.1) is 17.6 Å². The van der Waals surface area contributed by atoms with Crippen molar-refractivity contribution in [2.24, 2.45) is 5.92 Å². The molecule has 2 amide bonds. The van der Waals surface area contributed by atoms with E-state index in [1.807, 2.05) is 23.1 Å². The van der Waals surface area contributed by atoms with Gasteiger partial charge in [0.2, 0.25) is 5.91 Å². The Hall–Kier alpha value is -3.03. The van der Waals surface area contributed by atoms with Crippen LogP contribution in [0.5, 0.6) is 0 Å². The molecule has 5 nitrogen and oxygen atoms in total. The van der Waals surface area contributed by atoms with E-state index in [1.54, 1.807) is 0 Å². The molecule has 0 aromatic heterocycles. The van der Waals surface area contributed by atoms with Gasteiger partial charge in [0.15, 0.2) is 0 Å². The van der Waals surface area contributed by atoms with E-state index in [0.29, 0.717) is 26.1 Å².